The average molecular weight is 949 g/mol. The van der Waals surface area contributed by atoms with Crippen molar-refractivity contribution in [1.82, 2.24) is 0 Å². The van der Waals surface area contributed by atoms with Crippen LogP contribution < -0.4 is 0 Å². The summed E-state index contributed by atoms with van der Waals surface area (Å²) in [5, 5.41) is 30.5. The summed E-state index contributed by atoms with van der Waals surface area (Å²) in [6.45, 7) is 1.29. The molecule has 0 heterocycles. The monoisotopic (exact) mass is 948 g/mol. The lowest BCUT2D eigenvalue weighted by molar-refractivity contribution is -0.161. The summed E-state index contributed by atoms with van der Waals surface area (Å²) in [7, 11) is -9.79. The molecule has 1 aliphatic carbocycles. The van der Waals surface area contributed by atoms with E-state index in [1.165, 1.54) is 38.5 Å². The van der Waals surface area contributed by atoms with E-state index in [4.69, 9.17) is 23.8 Å². The van der Waals surface area contributed by atoms with Crippen LogP contribution in [-0.2, 0) is 46.6 Å². The third-order valence-corrected chi connectivity index (χ3v) is 11.7. The van der Waals surface area contributed by atoms with E-state index in [1.807, 2.05) is 24.3 Å². The van der Waals surface area contributed by atoms with E-state index in [9.17, 15) is 43.7 Å². The molecule has 0 aliphatic heterocycles. The predicted octanol–water partition coefficient (Wildman–Crippen LogP) is 8.60. The van der Waals surface area contributed by atoms with Crippen LogP contribution in [0.25, 0.3) is 0 Å². The lowest BCUT2D eigenvalue weighted by Gasteiger charge is -2.20. The molecule has 1 fully saturated rings. The van der Waals surface area contributed by atoms with Crippen molar-refractivity contribution in [3.05, 3.63) is 60.8 Å². The Morgan fingerprint density at radius 1 is 0.688 bits per heavy atom. The summed E-state index contributed by atoms with van der Waals surface area (Å²) >= 11 is 0. The predicted molar refractivity (Wildman–Crippen MR) is 245 cm³/mol. The van der Waals surface area contributed by atoms with Crippen molar-refractivity contribution in [1.29, 1.82) is 0 Å². The van der Waals surface area contributed by atoms with Gasteiger partial charge in [-0.1, -0.05) is 126 Å². The Hall–Kier alpha value is -2.59. The highest BCUT2D eigenvalue weighted by molar-refractivity contribution is 7.47. The van der Waals surface area contributed by atoms with E-state index in [2.05, 4.69) is 47.2 Å². The van der Waals surface area contributed by atoms with Gasteiger partial charge in [0.25, 0.3) is 0 Å². The summed E-state index contributed by atoms with van der Waals surface area (Å²) in [5.41, 5.74) is 0. The van der Waals surface area contributed by atoms with Crippen LogP contribution in [0.5, 0.6) is 0 Å². The van der Waals surface area contributed by atoms with E-state index in [0.717, 1.165) is 38.5 Å². The number of carbonyl (C=O) groups excluding carboxylic acids is 3. The van der Waals surface area contributed by atoms with Gasteiger partial charge in [0.05, 0.1) is 32.0 Å². The van der Waals surface area contributed by atoms with Crippen molar-refractivity contribution in [2.24, 2.45) is 11.8 Å². The fraction of sp³-hybridized carbons (Fsp3) is 0.717. The van der Waals surface area contributed by atoms with Crippen molar-refractivity contribution in [3.8, 4) is 0 Å². The third kappa shape index (κ3) is 33.0. The molecule has 1 saturated carbocycles. The highest BCUT2D eigenvalue weighted by atomic mass is 31.2. The Labute approximate surface area is 381 Å². The largest absolute Gasteiger partial charge is 0.472 e. The van der Waals surface area contributed by atoms with Gasteiger partial charge < -0.3 is 39.5 Å². The molecular formula is C46H78O16P2. The molecule has 368 valence electrons. The average Bonchev–Trinajstić information content (AvgIpc) is 3.51. The molecule has 1 unspecified atom stereocenters. The topological polar surface area (TPSA) is 253 Å². The van der Waals surface area contributed by atoms with E-state index >= 15 is 0 Å². The Bertz CT molecular complexity index is 1520. The first kappa shape index (κ1) is 59.4. The number of hydrogen-bond acceptors (Lipinski definition) is 13. The molecule has 0 aromatic carbocycles. The fourth-order valence-electron chi connectivity index (χ4n) is 6.64. The number of phosphoric acid groups is 2. The zero-order valence-electron chi connectivity index (χ0n) is 38.1. The first-order valence-corrected chi connectivity index (χ1v) is 26.1. The molecule has 7 atom stereocenters. The summed E-state index contributed by atoms with van der Waals surface area (Å²) in [4.78, 5) is 65.4. The quantitative estimate of drug-likeness (QED) is 0.0146. The maximum atomic E-state index is 12.7. The normalized spacial score (nSPS) is 19.7. The smallest absolute Gasteiger partial charge is 0.462 e. The van der Waals surface area contributed by atoms with Crippen LogP contribution in [0.3, 0.4) is 0 Å². The van der Waals surface area contributed by atoms with Crippen molar-refractivity contribution in [2.75, 3.05) is 26.4 Å². The summed E-state index contributed by atoms with van der Waals surface area (Å²) in [5.74, 6) is -2.16. The number of rotatable bonds is 39. The number of allylic oxidation sites excluding steroid dienone is 9. The molecule has 0 aromatic heterocycles. The zero-order valence-corrected chi connectivity index (χ0v) is 39.9. The molecule has 0 saturated heterocycles. The van der Waals surface area contributed by atoms with Crippen LogP contribution >= 0.6 is 15.6 Å². The molecule has 0 aromatic rings. The number of aliphatic hydroxyl groups excluding tert-OH is 3. The van der Waals surface area contributed by atoms with Gasteiger partial charge in [-0.3, -0.25) is 28.0 Å². The number of unbranched alkanes of at least 4 members (excludes halogenated alkanes) is 10. The van der Waals surface area contributed by atoms with Gasteiger partial charge in [0, 0.05) is 31.1 Å². The molecule has 1 rings (SSSR count). The van der Waals surface area contributed by atoms with Crippen LogP contribution in [0.2, 0.25) is 0 Å². The number of hydrogen-bond donors (Lipinski definition) is 6. The van der Waals surface area contributed by atoms with Gasteiger partial charge >= 0.3 is 27.6 Å². The first-order chi connectivity index (χ1) is 30.6. The van der Waals surface area contributed by atoms with E-state index in [-0.39, 0.29) is 31.0 Å². The standard InChI is InChI=1S/C46H78O16P2/c1-3-5-7-8-9-10-11-12-13-14-15-16-17-18-19-20-26-30-46(52)62-40(37-61-64(56,57)60-35-39(48)34-59-63(53,54)55)36-58-45(51)29-25-22-21-24-28-41-42(44(50)33-43(41)49)32-31-38(47)27-23-6-4-2/h12-13,15-16,18-19,21,24,31-32,38-43,47-49H,3-11,14,17,20,22-23,25-30,33-37H2,1-2H3,(H,56,57)(H2,53,54,55)/b13-12-,16-15-,19-18-,24-21-,32-31+/t38-,39-,40+,41+,42+,43-/m0/s1. The second kappa shape index (κ2) is 36.5. The molecule has 64 heavy (non-hydrogen) atoms. The highest BCUT2D eigenvalue weighted by Crippen LogP contribution is 2.44. The van der Waals surface area contributed by atoms with Crippen molar-refractivity contribution < 1.29 is 76.6 Å². The number of aliphatic hydroxyl groups is 3. The minimum Gasteiger partial charge on any atom is -0.462 e. The van der Waals surface area contributed by atoms with Gasteiger partial charge in [0.1, 0.15) is 18.5 Å². The van der Waals surface area contributed by atoms with Crippen LogP contribution in [0.1, 0.15) is 149 Å². The Morgan fingerprint density at radius 3 is 1.89 bits per heavy atom. The molecule has 6 N–H and O–H groups in total. The lowest BCUT2D eigenvalue weighted by atomic mass is 9.90. The second-order valence-electron chi connectivity index (χ2n) is 16.1. The van der Waals surface area contributed by atoms with Gasteiger partial charge in [0.2, 0.25) is 0 Å². The fourth-order valence-corrected chi connectivity index (χ4v) is 7.79. The van der Waals surface area contributed by atoms with Gasteiger partial charge in [-0.05, 0) is 64.2 Å². The minimum atomic E-state index is -4.90. The van der Waals surface area contributed by atoms with Crippen LogP contribution in [-0.4, -0.2) is 98.6 Å². The molecule has 0 radical (unpaired) electrons. The third-order valence-electron chi connectivity index (χ3n) is 10.2. The lowest BCUT2D eigenvalue weighted by Crippen LogP contribution is -2.29. The van der Waals surface area contributed by atoms with Gasteiger partial charge in [-0.25, -0.2) is 9.13 Å². The Morgan fingerprint density at radius 2 is 1.23 bits per heavy atom. The Kier molecular flexibility index (Phi) is 33.9. The molecule has 18 heteroatoms. The van der Waals surface area contributed by atoms with Crippen molar-refractivity contribution >= 4 is 33.4 Å². The minimum absolute atomic E-state index is 0.00346. The summed E-state index contributed by atoms with van der Waals surface area (Å²) < 4.78 is 47.7. The molecule has 0 spiro atoms. The maximum Gasteiger partial charge on any atom is 0.472 e. The van der Waals surface area contributed by atoms with Gasteiger partial charge in [-0.2, -0.15) is 0 Å². The maximum absolute atomic E-state index is 12.7. The van der Waals surface area contributed by atoms with E-state index in [1.54, 1.807) is 12.2 Å². The molecule has 0 bridgehead atoms. The molecule has 1 aliphatic rings. The number of Topliss-reactive ketones (excluding diaryl/α,β-unsaturated/α-hetero) is 1. The van der Waals surface area contributed by atoms with Crippen LogP contribution in [0, 0.1) is 11.8 Å². The highest BCUT2D eigenvalue weighted by Gasteiger charge is 2.39. The number of phosphoric ester groups is 2. The first-order valence-electron chi connectivity index (χ1n) is 23.1. The molecule has 0 amide bonds. The molecule has 16 nitrogen and oxygen atoms in total. The SMILES string of the molecule is CCCCCCCC/C=C\C/C=C\C/C=C\CCCC(=O)O[C@H](COC(=O)CCC/C=C\C[C@H]1[C@@H](O)CC(=O)[C@@H]1/C=C/[C@@H](O)CCCCC)COP(=O)(O)OC[C@@H](O)COP(=O)(O)O. The number of esters is 2. The van der Waals surface area contributed by atoms with E-state index < -0.39 is 84.3 Å². The van der Waals surface area contributed by atoms with E-state index in [0.29, 0.717) is 38.5 Å². The second-order valence-corrected chi connectivity index (χ2v) is 18.8. The number of carbonyl (C=O) groups is 3. The van der Waals surface area contributed by atoms with Crippen LogP contribution in [0.4, 0.5) is 0 Å². The Balaban J connectivity index is 2.59. The summed E-state index contributed by atoms with van der Waals surface area (Å²) in [6.07, 6.45) is 31.6. The summed E-state index contributed by atoms with van der Waals surface area (Å²) in [6, 6.07) is 0. The van der Waals surface area contributed by atoms with Crippen molar-refractivity contribution in [3.63, 3.8) is 0 Å². The number of ether oxygens (including phenoxy) is 2. The van der Waals surface area contributed by atoms with Gasteiger partial charge in [-0.15, -0.1) is 0 Å². The van der Waals surface area contributed by atoms with Gasteiger partial charge in [0.15, 0.2) is 6.10 Å². The zero-order chi connectivity index (χ0) is 47.5. The number of ketones is 1. The van der Waals surface area contributed by atoms with Crippen LogP contribution in [0.15, 0.2) is 60.8 Å². The molecular weight excluding hydrogens is 870 g/mol. The van der Waals surface area contributed by atoms with Crippen molar-refractivity contribution in [2.45, 2.75) is 173 Å².